The summed E-state index contributed by atoms with van der Waals surface area (Å²) in [7, 11) is 0. The van der Waals surface area contributed by atoms with E-state index >= 15 is 0 Å². The van der Waals surface area contributed by atoms with Crippen LogP contribution >= 0.6 is 0 Å². The summed E-state index contributed by atoms with van der Waals surface area (Å²) >= 11 is 0. The maximum atomic E-state index is 13.0. The van der Waals surface area contributed by atoms with E-state index < -0.39 is 0 Å². The van der Waals surface area contributed by atoms with E-state index in [0.29, 0.717) is 5.91 Å². The fourth-order valence-corrected chi connectivity index (χ4v) is 3.43. The molecule has 1 aliphatic heterocycles. The second-order valence-electron chi connectivity index (χ2n) is 5.86. The van der Waals surface area contributed by atoms with Gasteiger partial charge in [-0.15, -0.1) is 0 Å². The molecule has 1 aromatic rings. The molecule has 1 aromatic carbocycles. The highest BCUT2D eigenvalue weighted by Gasteiger charge is 2.46. The number of likely N-dealkylation sites (tertiary alicyclic amines) is 1. The Morgan fingerprint density at radius 3 is 2.33 bits per heavy atom. The van der Waals surface area contributed by atoms with E-state index in [-0.39, 0.29) is 5.41 Å². The lowest BCUT2D eigenvalue weighted by atomic mass is 9.76. The second kappa shape index (κ2) is 7.08. The van der Waals surface area contributed by atoms with Crippen molar-refractivity contribution in [2.24, 2.45) is 0 Å². The minimum Gasteiger partial charge on any atom is -0.342 e. The van der Waals surface area contributed by atoms with Gasteiger partial charge in [0.05, 0.1) is 5.41 Å². The molecule has 1 amide bonds. The topological polar surface area (TPSA) is 23.6 Å². The Morgan fingerprint density at radius 1 is 1.14 bits per heavy atom. The number of hydrogen-bond acceptors (Lipinski definition) is 2. The highest BCUT2D eigenvalue weighted by atomic mass is 16.2. The summed E-state index contributed by atoms with van der Waals surface area (Å²) in [6.45, 7) is 11.2. The van der Waals surface area contributed by atoms with Crippen LogP contribution in [0.1, 0.15) is 39.2 Å². The predicted molar refractivity (Wildman–Crippen MR) is 87.4 cm³/mol. The molecule has 2 rings (SSSR count). The molecule has 116 valence electrons. The fraction of sp³-hybridized carbons (Fsp3) is 0.611. The van der Waals surface area contributed by atoms with Crippen molar-refractivity contribution in [3.63, 3.8) is 0 Å². The van der Waals surface area contributed by atoms with Crippen LogP contribution in [0.3, 0.4) is 0 Å². The molecule has 0 aromatic heterocycles. The van der Waals surface area contributed by atoms with E-state index in [1.165, 1.54) is 5.56 Å². The minimum atomic E-state index is -0.306. The average Bonchev–Trinajstić information content (AvgIpc) is 2.86. The van der Waals surface area contributed by atoms with Crippen LogP contribution < -0.4 is 0 Å². The molecule has 1 aliphatic rings. The summed E-state index contributed by atoms with van der Waals surface area (Å²) in [5, 5.41) is 0. The van der Waals surface area contributed by atoms with Gasteiger partial charge >= 0.3 is 0 Å². The van der Waals surface area contributed by atoms with Gasteiger partial charge < -0.3 is 9.80 Å². The SMILES string of the molecule is CCN(CC)CCC1(c2ccccc2)CCN(CC)C1=O. The minimum absolute atomic E-state index is 0.306. The molecule has 0 saturated carbocycles. The zero-order valence-electron chi connectivity index (χ0n) is 13.6. The van der Waals surface area contributed by atoms with Gasteiger partial charge in [-0.2, -0.15) is 0 Å². The molecular formula is C18H28N2O. The first-order valence-electron chi connectivity index (χ1n) is 8.25. The van der Waals surface area contributed by atoms with Crippen molar-refractivity contribution in [1.82, 2.24) is 9.80 Å². The Bertz CT molecular complexity index is 456. The van der Waals surface area contributed by atoms with E-state index in [1.54, 1.807) is 0 Å². The quantitative estimate of drug-likeness (QED) is 0.770. The van der Waals surface area contributed by atoms with E-state index in [9.17, 15) is 4.79 Å². The Kier molecular flexibility index (Phi) is 5.40. The zero-order chi connectivity index (χ0) is 15.3. The number of rotatable bonds is 7. The predicted octanol–water partition coefficient (Wildman–Crippen LogP) is 2.91. The molecule has 0 spiro atoms. The van der Waals surface area contributed by atoms with Crippen molar-refractivity contribution >= 4 is 5.91 Å². The third kappa shape index (κ3) is 3.13. The van der Waals surface area contributed by atoms with Crippen LogP contribution in [0.5, 0.6) is 0 Å². The smallest absolute Gasteiger partial charge is 0.233 e. The summed E-state index contributed by atoms with van der Waals surface area (Å²) in [5.41, 5.74) is 0.887. The Morgan fingerprint density at radius 2 is 1.81 bits per heavy atom. The molecule has 1 fully saturated rings. The number of hydrogen-bond donors (Lipinski definition) is 0. The largest absolute Gasteiger partial charge is 0.342 e. The van der Waals surface area contributed by atoms with Crippen LogP contribution in [-0.2, 0) is 10.2 Å². The lowest BCUT2D eigenvalue weighted by Crippen LogP contribution is -2.40. The molecule has 0 bridgehead atoms. The zero-order valence-corrected chi connectivity index (χ0v) is 13.6. The van der Waals surface area contributed by atoms with Crippen molar-refractivity contribution in [2.75, 3.05) is 32.7 Å². The molecule has 0 aliphatic carbocycles. The van der Waals surface area contributed by atoms with Gasteiger partial charge in [-0.25, -0.2) is 0 Å². The van der Waals surface area contributed by atoms with Gasteiger partial charge in [-0.05, 0) is 45.0 Å². The second-order valence-corrected chi connectivity index (χ2v) is 5.86. The van der Waals surface area contributed by atoms with Crippen molar-refractivity contribution in [3.8, 4) is 0 Å². The molecule has 3 nitrogen and oxygen atoms in total. The molecule has 1 saturated heterocycles. The lowest BCUT2D eigenvalue weighted by molar-refractivity contribution is -0.132. The van der Waals surface area contributed by atoms with Crippen molar-refractivity contribution in [2.45, 2.75) is 39.0 Å². The number of carbonyl (C=O) groups is 1. The summed E-state index contributed by atoms with van der Waals surface area (Å²) in [6.07, 6.45) is 1.87. The first kappa shape index (κ1) is 16.0. The van der Waals surface area contributed by atoms with Gasteiger partial charge in [-0.3, -0.25) is 4.79 Å². The fourth-order valence-electron chi connectivity index (χ4n) is 3.43. The summed E-state index contributed by atoms with van der Waals surface area (Å²) in [4.78, 5) is 17.4. The van der Waals surface area contributed by atoms with Crippen LogP contribution in [0.4, 0.5) is 0 Å². The highest BCUT2D eigenvalue weighted by Crippen LogP contribution is 2.39. The van der Waals surface area contributed by atoms with Gasteiger partial charge in [0.1, 0.15) is 0 Å². The Labute approximate surface area is 128 Å². The maximum absolute atomic E-state index is 13.0. The maximum Gasteiger partial charge on any atom is 0.233 e. The van der Waals surface area contributed by atoms with Crippen LogP contribution in [0.2, 0.25) is 0 Å². The molecule has 1 atom stereocenters. The van der Waals surface area contributed by atoms with Gasteiger partial charge in [0, 0.05) is 13.1 Å². The van der Waals surface area contributed by atoms with Gasteiger partial charge in [-0.1, -0.05) is 44.2 Å². The number of likely N-dealkylation sites (N-methyl/N-ethyl adjacent to an activating group) is 1. The standard InChI is InChI=1S/C18H28N2O/c1-4-19(5-2)14-12-18(16-10-8-7-9-11-16)13-15-20(6-3)17(18)21/h7-11H,4-6,12-15H2,1-3H3. The molecule has 1 heterocycles. The van der Waals surface area contributed by atoms with Crippen LogP contribution in [-0.4, -0.2) is 48.4 Å². The molecule has 0 N–H and O–H groups in total. The third-order valence-electron chi connectivity index (χ3n) is 4.96. The van der Waals surface area contributed by atoms with Crippen LogP contribution in [0.25, 0.3) is 0 Å². The van der Waals surface area contributed by atoms with E-state index in [4.69, 9.17) is 0 Å². The van der Waals surface area contributed by atoms with Gasteiger partial charge in [0.15, 0.2) is 0 Å². The third-order valence-corrected chi connectivity index (χ3v) is 4.96. The first-order valence-corrected chi connectivity index (χ1v) is 8.25. The van der Waals surface area contributed by atoms with Crippen LogP contribution in [0, 0.1) is 0 Å². The molecule has 3 heteroatoms. The normalized spacial score (nSPS) is 22.3. The highest BCUT2D eigenvalue weighted by molar-refractivity contribution is 5.90. The molecule has 21 heavy (non-hydrogen) atoms. The van der Waals surface area contributed by atoms with Crippen molar-refractivity contribution in [1.29, 1.82) is 0 Å². The first-order chi connectivity index (χ1) is 10.2. The summed E-state index contributed by atoms with van der Waals surface area (Å²) in [5.74, 6) is 0.323. The van der Waals surface area contributed by atoms with Crippen LogP contribution in [0.15, 0.2) is 30.3 Å². The number of amides is 1. The van der Waals surface area contributed by atoms with Crippen molar-refractivity contribution < 1.29 is 4.79 Å². The van der Waals surface area contributed by atoms with E-state index in [1.807, 2.05) is 11.0 Å². The number of benzene rings is 1. The summed E-state index contributed by atoms with van der Waals surface area (Å²) in [6, 6.07) is 10.4. The number of carbonyl (C=O) groups excluding carboxylic acids is 1. The molecular weight excluding hydrogens is 260 g/mol. The average molecular weight is 288 g/mol. The van der Waals surface area contributed by atoms with E-state index in [2.05, 4.69) is 49.9 Å². The Hall–Kier alpha value is -1.35. The van der Waals surface area contributed by atoms with Crippen molar-refractivity contribution in [3.05, 3.63) is 35.9 Å². The molecule has 0 radical (unpaired) electrons. The van der Waals surface area contributed by atoms with Gasteiger partial charge in [0.2, 0.25) is 5.91 Å². The molecule has 1 unspecified atom stereocenters. The Balaban J connectivity index is 2.26. The number of nitrogens with zero attached hydrogens (tertiary/aromatic N) is 2. The monoisotopic (exact) mass is 288 g/mol. The summed E-state index contributed by atoms with van der Waals surface area (Å²) < 4.78 is 0. The van der Waals surface area contributed by atoms with Gasteiger partial charge in [0.25, 0.3) is 0 Å². The lowest BCUT2D eigenvalue weighted by Gasteiger charge is -2.31. The van der Waals surface area contributed by atoms with E-state index in [0.717, 1.165) is 45.6 Å².